The third kappa shape index (κ3) is 4.45. The van der Waals surface area contributed by atoms with Gasteiger partial charge in [-0.25, -0.2) is 4.79 Å². The number of aliphatic hydroxyl groups is 1. The van der Waals surface area contributed by atoms with E-state index in [4.69, 9.17) is 9.47 Å². The molecule has 2 N–H and O–H groups in total. The number of benzene rings is 1. The van der Waals surface area contributed by atoms with Gasteiger partial charge in [0.05, 0.1) is 13.7 Å². The van der Waals surface area contributed by atoms with E-state index in [-0.39, 0.29) is 6.61 Å². The average Bonchev–Trinajstić information content (AvgIpc) is 2.52. The molecule has 0 saturated heterocycles. The fraction of sp³-hybridized carbons (Fsp3) is 0.333. The largest absolute Gasteiger partial charge is 0.496 e. The summed E-state index contributed by atoms with van der Waals surface area (Å²) >= 11 is 0. The van der Waals surface area contributed by atoms with Crippen LogP contribution in [0.25, 0.3) is 11.1 Å². The first kappa shape index (κ1) is 17.7. The zero-order valence-electron chi connectivity index (χ0n) is 14.3. The smallest absolute Gasteiger partial charge is 0.412 e. The van der Waals surface area contributed by atoms with Crippen molar-refractivity contribution in [2.75, 3.05) is 12.4 Å². The summed E-state index contributed by atoms with van der Waals surface area (Å²) in [5.41, 5.74) is 2.32. The van der Waals surface area contributed by atoms with Crippen LogP contribution in [0.1, 0.15) is 26.3 Å². The van der Waals surface area contributed by atoms with Gasteiger partial charge in [-0.2, -0.15) is 0 Å². The topological polar surface area (TPSA) is 80.7 Å². The quantitative estimate of drug-likeness (QED) is 0.895. The van der Waals surface area contributed by atoms with E-state index >= 15 is 0 Å². The molecule has 1 heterocycles. The van der Waals surface area contributed by atoms with Gasteiger partial charge in [-0.15, -0.1) is 0 Å². The maximum atomic E-state index is 11.9. The number of amides is 1. The number of methoxy groups -OCH3 is 1. The second kappa shape index (κ2) is 7.31. The van der Waals surface area contributed by atoms with Crippen molar-refractivity contribution >= 4 is 11.8 Å². The number of nitrogens with zero attached hydrogens (tertiary/aromatic N) is 1. The van der Waals surface area contributed by atoms with E-state index in [1.807, 2.05) is 12.1 Å². The number of hydrogen-bond donors (Lipinski definition) is 2. The van der Waals surface area contributed by atoms with Gasteiger partial charge < -0.3 is 14.6 Å². The van der Waals surface area contributed by atoms with E-state index in [2.05, 4.69) is 10.3 Å². The molecule has 1 aromatic carbocycles. The lowest BCUT2D eigenvalue weighted by atomic mass is 10.0. The van der Waals surface area contributed by atoms with Crippen LogP contribution < -0.4 is 10.1 Å². The van der Waals surface area contributed by atoms with Gasteiger partial charge in [-0.3, -0.25) is 10.3 Å². The molecule has 0 saturated carbocycles. The predicted octanol–water partition coefficient (Wildman–Crippen LogP) is 3.60. The third-order valence-corrected chi connectivity index (χ3v) is 3.21. The highest BCUT2D eigenvalue weighted by Crippen LogP contribution is 2.34. The van der Waals surface area contributed by atoms with Gasteiger partial charge >= 0.3 is 6.09 Å². The zero-order valence-corrected chi connectivity index (χ0v) is 14.3. The van der Waals surface area contributed by atoms with Gasteiger partial charge in [0, 0.05) is 35.3 Å². The van der Waals surface area contributed by atoms with Crippen molar-refractivity contribution in [3.05, 3.63) is 42.2 Å². The lowest BCUT2D eigenvalue weighted by Crippen LogP contribution is -2.27. The second-order valence-corrected chi connectivity index (χ2v) is 6.23. The maximum Gasteiger partial charge on any atom is 0.412 e. The predicted molar refractivity (Wildman–Crippen MR) is 92.0 cm³/mol. The first-order valence-corrected chi connectivity index (χ1v) is 7.56. The molecular weight excluding hydrogens is 308 g/mol. The Kier molecular flexibility index (Phi) is 5.41. The number of nitrogens with one attached hydrogen (secondary N) is 1. The van der Waals surface area contributed by atoms with Gasteiger partial charge in [-0.05, 0) is 44.5 Å². The normalized spacial score (nSPS) is 11.0. The summed E-state index contributed by atoms with van der Waals surface area (Å²) in [5.74, 6) is 0.574. The molecule has 0 atom stereocenters. The summed E-state index contributed by atoms with van der Waals surface area (Å²) in [5, 5.41) is 12.1. The highest BCUT2D eigenvalue weighted by molar-refractivity contribution is 5.86. The number of rotatable bonds is 4. The van der Waals surface area contributed by atoms with Crippen molar-refractivity contribution in [2.45, 2.75) is 33.0 Å². The fourth-order valence-electron chi connectivity index (χ4n) is 2.23. The molecule has 6 heteroatoms. The minimum absolute atomic E-state index is 0.121. The minimum Gasteiger partial charge on any atom is -0.496 e. The molecule has 0 aliphatic carbocycles. The monoisotopic (exact) mass is 330 g/mol. The highest BCUT2D eigenvalue weighted by atomic mass is 16.6. The Balaban J connectivity index is 2.30. The summed E-state index contributed by atoms with van der Waals surface area (Å²) in [7, 11) is 1.55. The lowest BCUT2D eigenvalue weighted by Gasteiger charge is -2.20. The molecule has 6 nitrogen and oxygen atoms in total. The van der Waals surface area contributed by atoms with Crippen molar-refractivity contribution < 1.29 is 19.4 Å². The number of ether oxygens (including phenoxy) is 2. The van der Waals surface area contributed by atoms with Crippen molar-refractivity contribution in [3.8, 4) is 16.9 Å². The molecule has 0 fully saturated rings. The SMILES string of the molecule is COc1cc(NC(=O)OC(C)(C)C)ccc1-c1ccncc1CO. The Labute approximate surface area is 141 Å². The molecule has 24 heavy (non-hydrogen) atoms. The van der Waals surface area contributed by atoms with Crippen LogP contribution in [0, 0.1) is 0 Å². The summed E-state index contributed by atoms with van der Waals surface area (Å²) in [6.45, 7) is 5.28. The van der Waals surface area contributed by atoms with E-state index < -0.39 is 11.7 Å². The number of aromatic nitrogens is 1. The van der Waals surface area contributed by atoms with Gasteiger partial charge in [0.15, 0.2) is 0 Å². The Hall–Kier alpha value is -2.60. The highest BCUT2D eigenvalue weighted by Gasteiger charge is 2.17. The molecule has 0 spiro atoms. The van der Waals surface area contributed by atoms with Gasteiger partial charge in [0.1, 0.15) is 11.4 Å². The number of aliphatic hydroxyl groups excluding tert-OH is 1. The summed E-state index contributed by atoms with van der Waals surface area (Å²) in [4.78, 5) is 15.9. The molecule has 0 unspecified atom stereocenters. The van der Waals surface area contributed by atoms with E-state index in [1.54, 1.807) is 52.4 Å². The molecule has 0 aliphatic rings. The van der Waals surface area contributed by atoms with E-state index in [0.717, 1.165) is 11.1 Å². The van der Waals surface area contributed by atoms with Crippen molar-refractivity contribution in [1.29, 1.82) is 0 Å². The Morgan fingerprint density at radius 1 is 1.25 bits per heavy atom. The van der Waals surface area contributed by atoms with E-state index in [1.165, 1.54) is 0 Å². The van der Waals surface area contributed by atoms with Gasteiger partial charge in [0.25, 0.3) is 0 Å². The van der Waals surface area contributed by atoms with Crippen LogP contribution in [0.15, 0.2) is 36.7 Å². The van der Waals surface area contributed by atoms with Crippen LogP contribution >= 0.6 is 0 Å². The van der Waals surface area contributed by atoms with Crippen molar-refractivity contribution in [3.63, 3.8) is 0 Å². The van der Waals surface area contributed by atoms with Crippen molar-refractivity contribution in [2.24, 2.45) is 0 Å². The molecule has 2 rings (SSSR count). The molecule has 2 aromatic rings. The minimum atomic E-state index is -0.568. The molecule has 128 valence electrons. The van der Waals surface area contributed by atoms with Crippen LogP contribution in [0.3, 0.4) is 0 Å². The van der Waals surface area contributed by atoms with Gasteiger partial charge in [-0.1, -0.05) is 0 Å². The average molecular weight is 330 g/mol. The molecule has 0 aliphatic heterocycles. The Morgan fingerprint density at radius 3 is 2.62 bits per heavy atom. The van der Waals surface area contributed by atoms with Gasteiger partial charge in [0.2, 0.25) is 0 Å². The number of carbonyl (C=O) groups excluding carboxylic acids is 1. The molecular formula is C18H22N2O4. The third-order valence-electron chi connectivity index (χ3n) is 3.21. The van der Waals surface area contributed by atoms with E-state index in [9.17, 15) is 9.90 Å². The number of pyridine rings is 1. The number of carbonyl (C=O) groups is 1. The molecule has 1 aromatic heterocycles. The maximum absolute atomic E-state index is 11.9. The van der Waals surface area contributed by atoms with Crippen LogP contribution in [-0.4, -0.2) is 28.9 Å². The summed E-state index contributed by atoms with van der Waals surface area (Å²) < 4.78 is 10.7. The standard InChI is InChI=1S/C18H22N2O4/c1-18(2,3)24-17(22)20-13-5-6-15(16(9-13)23-4)14-7-8-19-10-12(14)11-21/h5-10,21H,11H2,1-4H3,(H,20,22). The first-order valence-electron chi connectivity index (χ1n) is 7.56. The van der Waals surface area contributed by atoms with Crippen molar-refractivity contribution in [1.82, 2.24) is 4.98 Å². The molecule has 0 radical (unpaired) electrons. The summed E-state index contributed by atoms with van der Waals surface area (Å²) in [6, 6.07) is 7.09. The lowest BCUT2D eigenvalue weighted by molar-refractivity contribution is 0.0636. The number of hydrogen-bond acceptors (Lipinski definition) is 5. The van der Waals surface area contributed by atoms with Crippen LogP contribution in [0.5, 0.6) is 5.75 Å². The molecule has 0 bridgehead atoms. The van der Waals surface area contributed by atoms with Crippen LogP contribution in [0.2, 0.25) is 0 Å². The van der Waals surface area contributed by atoms with Crippen LogP contribution in [0.4, 0.5) is 10.5 Å². The molecule has 1 amide bonds. The number of anilines is 1. The summed E-state index contributed by atoms with van der Waals surface area (Å²) in [6.07, 6.45) is 2.74. The van der Waals surface area contributed by atoms with E-state index in [0.29, 0.717) is 17.0 Å². The second-order valence-electron chi connectivity index (χ2n) is 6.23. The Morgan fingerprint density at radius 2 is 2.00 bits per heavy atom. The first-order chi connectivity index (χ1) is 11.3. The van der Waals surface area contributed by atoms with Crippen LogP contribution in [-0.2, 0) is 11.3 Å². The fourth-order valence-corrected chi connectivity index (χ4v) is 2.23. The Bertz CT molecular complexity index is 723. The zero-order chi connectivity index (χ0) is 17.7.